The Morgan fingerprint density at radius 2 is 1.87 bits per heavy atom. The van der Waals surface area contributed by atoms with E-state index in [1.165, 1.54) is 12.1 Å². The number of rotatable bonds is 5. The quantitative estimate of drug-likeness (QED) is 0.520. The molecule has 0 radical (unpaired) electrons. The summed E-state index contributed by atoms with van der Waals surface area (Å²) in [6.07, 6.45) is -2.30. The number of fused-ring (bicyclic) bond motifs is 1. The van der Waals surface area contributed by atoms with Gasteiger partial charge in [-0.15, -0.1) is 0 Å². The van der Waals surface area contributed by atoms with Crippen molar-refractivity contribution in [3.63, 3.8) is 0 Å². The van der Waals surface area contributed by atoms with Gasteiger partial charge in [0.1, 0.15) is 18.1 Å². The van der Waals surface area contributed by atoms with Gasteiger partial charge in [0, 0.05) is 12.6 Å². The van der Waals surface area contributed by atoms with Crippen LogP contribution in [0, 0.1) is 0 Å². The highest BCUT2D eigenvalue weighted by atomic mass is 35.5. The zero-order valence-corrected chi connectivity index (χ0v) is 16.7. The molecule has 3 aromatic rings. The summed E-state index contributed by atoms with van der Waals surface area (Å²) in [5.41, 5.74) is -0.715. The molecule has 1 aliphatic rings. The van der Waals surface area contributed by atoms with Crippen LogP contribution in [0.5, 0.6) is 5.75 Å². The lowest BCUT2D eigenvalue weighted by atomic mass is 10.1. The van der Waals surface area contributed by atoms with Crippen LogP contribution < -0.4 is 10.2 Å². The number of hydrogen-bond acceptors (Lipinski definition) is 4. The van der Waals surface area contributed by atoms with E-state index >= 15 is 0 Å². The molecule has 1 aromatic heterocycles. The highest BCUT2D eigenvalue weighted by Crippen LogP contribution is 2.38. The van der Waals surface area contributed by atoms with Crippen LogP contribution in [0.25, 0.3) is 22.3 Å². The van der Waals surface area contributed by atoms with E-state index < -0.39 is 11.7 Å². The summed E-state index contributed by atoms with van der Waals surface area (Å²) in [6.45, 7) is 2.75. The lowest BCUT2D eigenvalue weighted by Crippen LogP contribution is -2.25. The fraction of sp³-hybridized carbons (Fsp3) is 0.318. The Balaban J connectivity index is 1.73. The van der Waals surface area contributed by atoms with E-state index in [0.29, 0.717) is 11.9 Å². The van der Waals surface area contributed by atoms with Crippen LogP contribution in [-0.4, -0.2) is 31.1 Å². The van der Waals surface area contributed by atoms with Gasteiger partial charge in [-0.3, -0.25) is 9.69 Å². The Labute approximate surface area is 175 Å². The van der Waals surface area contributed by atoms with Crippen LogP contribution >= 0.6 is 11.6 Å². The maximum Gasteiger partial charge on any atom is 0.416 e. The first-order chi connectivity index (χ1) is 14.3. The average Bonchev–Trinajstić information content (AvgIpc) is 3.21. The smallest absolute Gasteiger partial charge is 0.416 e. The van der Waals surface area contributed by atoms with Gasteiger partial charge >= 0.3 is 6.18 Å². The molecule has 0 amide bonds. The summed E-state index contributed by atoms with van der Waals surface area (Å²) in [5.74, 6) is 0.115. The number of para-hydroxylation sites is 1. The van der Waals surface area contributed by atoms with Crippen molar-refractivity contribution in [3.05, 3.63) is 63.3 Å². The minimum atomic E-state index is -4.51. The predicted molar refractivity (Wildman–Crippen MR) is 109 cm³/mol. The van der Waals surface area contributed by atoms with Crippen molar-refractivity contribution in [2.45, 2.75) is 19.0 Å². The van der Waals surface area contributed by atoms with Gasteiger partial charge in [0.15, 0.2) is 11.0 Å². The van der Waals surface area contributed by atoms with E-state index in [2.05, 4.69) is 4.90 Å². The van der Waals surface area contributed by atoms with Gasteiger partial charge in [0.2, 0.25) is 0 Å². The molecular formula is C22H19ClF3NO3. The maximum atomic E-state index is 13.2. The molecule has 2 heterocycles. The normalized spacial score (nSPS) is 15.1. The minimum Gasteiger partial charge on any atom is -0.491 e. The molecule has 30 heavy (non-hydrogen) atoms. The van der Waals surface area contributed by atoms with Crippen LogP contribution in [0.4, 0.5) is 13.2 Å². The molecule has 1 aliphatic heterocycles. The van der Waals surface area contributed by atoms with Crippen molar-refractivity contribution in [1.29, 1.82) is 0 Å². The summed E-state index contributed by atoms with van der Waals surface area (Å²) in [5, 5.41) is 0.546. The first-order valence-electron chi connectivity index (χ1n) is 9.62. The third-order valence-corrected chi connectivity index (χ3v) is 5.44. The van der Waals surface area contributed by atoms with Gasteiger partial charge in [-0.2, -0.15) is 13.2 Å². The molecule has 8 heteroatoms. The van der Waals surface area contributed by atoms with E-state index in [1.807, 2.05) is 0 Å². The first kappa shape index (κ1) is 20.8. The summed E-state index contributed by atoms with van der Waals surface area (Å²) in [4.78, 5) is 14.7. The molecule has 0 aliphatic carbocycles. The van der Waals surface area contributed by atoms with Crippen molar-refractivity contribution < 1.29 is 22.3 Å². The van der Waals surface area contributed by atoms with Crippen LogP contribution in [0.1, 0.15) is 18.4 Å². The van der Waals surface area contributed by atoms with Gasteiger partial charge < -0.3 is 9.15 Å². The molecule has 0 atom stereocenters. The second kappa shape index (κ2) is 8.32. The lowest BCUT2D eigenvalue weighted by Gasteiger charge is -2.18. The highest BCUT2D eigenvalue weighted by molar-refractivity contribution is 6.34. The Morgan fingerprint density at radius 3 is 2.60 bits per heavy atom. The standard InChI is InChI=1S/C22H19ClF3NO3/c23-17-5-3-4-15-18(28)13-20(30-21(15)17)16-7-6-14(22(24,25)26)12-19(16)29-11-10-27-8-1-2-9-27/h3-7,12-13H,1-2,8-11H2. The van der Waals surface area contributed by atoms with Crippen molar-refractivity contribution in [1.82, 2.24) is 4.90 Å². The Morgan fingerprint density at radius 1 is 1.10 bits per heavy atom. The van der Waals surface area contributed by atoms with Gasteiger partial charge in [0.25, 0.3) is 0 Å². The lowest BCUT2D eigenvalue weighted by molar-refractivity contribution is -0.137. The zero-order chi connectivity index (χ0) is 21.3. The van der Waals surface area contributed by atoms with Crippen molar-refractivity contribution in [3.8, 4) is 17.1 Å². The third-order valence-electron chi connectivity index (χ3n) is 5.14. The Bertz CT molecular complexity index is 1120. The molecule has 0 saturated carbocycles. The molecule has 0 unspecified atom stereocenters. The second-order valence-electron chi connectivity index (χ2n) is 7.20. The molecule has 4 rings (SSSR count). The predicted octanol–water partition coefficient (Wildman–Crippen LogP) is 5.61. The molecular weight excluding hydrogens is 419 g/mol. The second-order valence-corrected chi connectivity index (χ2v) is 7.60. The van der Waals surface area contributed by atoms with Gasteiger partial charge in [-0.25, -0.2) is 0 Å². The highest BCUT2D eigenvalue weighted by Gasteiger charge is 2.31. The number of likely N-dealkylation sites (tertiary alicyclic amines) is 1. The van der Waals surface area contributed by atoms with Gasteiger partial charge in [0.05, 0.1) is 21.5 Å². The van der Waals surface area contributed by atoms with Crippen LogP contribution in [0.15, 0.2) is 51.7 Å². The maximum absolute atomic E-state index is 13.2. The summed E-state index contributed by atoms with van der Waals surface area (Å²) < 4.78 is 51.3. The molecule has 0 spiro atoms. The topological polar surface area (TPSA) is 42.7 Å². The third kappa shape index (κ3) is 4.32. The van der Waals surface area contributed by atoms with E-state index in [9.17, 15) is 18.0 Å². The molecule has 2 aromatic carbocycles. The van der Waals surface area contributed by atoms with Crippen molar-refractivity contribution in [2.75, 3.05) is 26.2 Å². The number of alkyl halides is 3. The van der Waals surface area contributed by atoms with E-state index in [0.717, 1.165) is 38.1 Å². The number of hydrogen-bond donors (Lipinski definition) is 0. The van der Waals surface area contributed by atoms with Crippen LogP contribution in [0.3, 0.4) is 0 Å². The number of ether oxygens (including phenoxy) is 1. The SMILES string of the molecule is O=c1cc(-c2ccc(C(F)(F)F)cc2OCCN2CCCC2)oc2c(Cl)cccc12. The summed E-state index contributed by atoms with van der Waals surface area (Å²) in [6, 6.07) is 9.18. The summed E-state index contributed by atoms with van der Waals surface area (Å²) >= 11 is 6.15. The largest absolute Gasteiger partial charge is 0.491 e. The molecule has 0 N–H and O–H groups in total. The molecule has 4 nitrogen and oxygen atoms in total. The minimum absolute atomic E-state index is 0.0126. The Kier molecular flexibility index (Phi) is 5.75. The zero-order valence-electron chi connectivity index (χ0n) is 16.0. The molecule has 158 valence electrons. The Hall–Kier alpha value is -2.51. The molecule has 0 bridgehead atoms. The number of benzene rings is 2. The fourth-order valence-electron chi connectivity index (χ4n) is 3.59. The number of nitrogens with zero attached hydrogens (tertiary/aromatic N) is 1. The van der Waals surface area contributed by atoms with Crippen LogP contribution in [0.2, 0.25) is 5.02 Å². The van der Waals surface area contributed by atoms with Gasteiger partial charge in [-0.05, 0) is 56.3 Å². The van der Waals surface area contributed by atoms with Crippen LogP contribution in [-0.2, 0) is 6.18 Å². The molecule has 1 fully saturated rings. The number of halogens is 4. The van der Waals surface area contributed by atoms with E-state index in [-0.39, 0.29) is 39.7 Å². The average molecular weight is 438 g/mol. The van der Waals surface area contributed by atoms with Crippen molar-refractivity contribution in [2.24, 2.45) is 0 Å². The molecule has 1 saturated heterocycles. The summed E-state index contributed by atoms with van der Waals surface area (Å²) in [7, 11) is 0. The van der Waals surface area contributed by atoms with E-state index in [1.54, 1.807) is 18.2 Å². The van der Waals surface area contributed by atoms with Crippen molar-refractivity contribution >= 4 is 22.6 Å². The fourth-order valence-corrected chi connectivity index (χ4v) is 3.80. The monoisotopic (exact) mass is 437 g/mol. The van der Waals surface area contributed by atoms with E-state index in [4.69, 9.17) is 20.8 Å². The van der Waals surface area contributed by atoms with Gasteiger partial charge in [-0.1, -0.05) is 17.7 Å². The first-order valence-corrected chi connectivity index (χ1v) is 10.00.